The first kappa shape index (κ1) is 36.4. The van der Waals surface area contributed by atoms with E-state index in [1.165, 1.54) is 109 Å². The second kappa shape index (κ2) is 14.9. The minimum absolute atomic E-state index is 0.0828. The van der Waals surface area contributed by atoms with Crippen LogP contribution in [0.1, 0.15) is 43.2 Å². The first-order valence-corrected chi connectivity index (χ1v) is 22.1. The van der Waals surface area contributed by atoms with Gasteiger partial charge in [0.1, 0.15) is 0 Å². The Morgan fingerprint density at radius 3 is 1.65 bits per heavy atom. The molecule has 294 valence electrons. The Balaban J connectivity index is 0.976. The minimum Gasteiger partial charge on any atom is -0.228 e. The lowest BCUT2D eigenvalue weighted by atomic mass is 9.67. The predicted molar refractivity (Wildman–Crippen MR) is 259 cm³/mol. The molecule has 0 aliphatic heterocycles. The van der Waals surface area contributed by atoms with E-state index in [1.807, 2.05) is 6.07 Å². The summed E-state index contributed by atoms with van der Waals surface area (Å²) in [6.07, 6.45) is 6.31. The van der Waals surface area contributed by atoms with Crippen LogP contribution in [0, 0.1) is 0 Å². The van der Waals surface area contributed by atoms with E-state index in [0.717, 1.165) is 28.1 Å². The Hall–Kier alpha value is -7.42. The van der Waals surface area contributed by atoms with Crippen LogP contribution in [-0.2, 0) is 5.41 Å². The van der Waals surface area contributed by atoms with Gasteiger partial charge in [0.25, 0.3) is 0 Å². The molecule has 1 aromatic heterocycles. The van der Waals surface area contributed by atoms with Crippen molar-refractivity contribution in [1.29, 1.82) is 0 Å². The van der Waals surface area contributed by atoms with Gasteiger partial charge >= 0.3 is 0 Å². The molecule has 1 fully saturated rings. The molecule has 62 heavy (non-hydrogen) atoms. The quantitative estimate of drug-likeness (QED) is 0.168. The third-order valence-corrected chi connectivity index (χ3v) is 13.7. The van der Waals surface area contributed by atoms with Crippen LogP contribution in [-0.4, -0.2) is 9.97 Å². The molecule has 0 radical (unpaired) electrons. The van der Waals surface area contributed by atoms with Crippen LogP contribution in [0.5, 0.6) is 0 Å². The van der Waals surface area contributed by atoms with E-state index in [4.69, 9.17) is 9.97 Å². The molecule has 12 rings (SSSR count). The fraction of sp³-hybridized carbons (Fsp3) is 0.100. The molecule has 1 heterocycles. The highest BCUT2D eigenvalue weighted by Gasteiger charge is 2.44. The molecule has 9 aromatic carbocycles. The lowest BCUT2D eigenvalue weighted by Gasteiger charge is -2.36. The van der Waals surface area contributed by atoms with Crippen molar-refractivity contribution in [1.82, 2.24) is 9.97 Å². The molecule has 2 heteroatoms. The smallest absolute Gasteiger partial charge is 0.160 e. The summed E-state index contributed by atoms with van der Waals surface area (Å²) in [5.41, 5.74) is 18.3. The summed E-state index contributed by atoms with van der Waals surface area (Å²) in [7, 11) is 0. The Kier molecular flexibility index (Phi) is 8.78. The Morgan fingerprint density at radius 2 is 0.887 bits per heavy atom. The zero-order chi connectivity index (χ0) is 41.0. The lowest BCUT2D eigenvalue weighted by molar-refractivity contribution is 0.353. The summed E-state index contributed by atoms with van der Waals surface area (Å²) in [6, 6.07) is 75.3. The normalized spacial score (nSPS) is 13.9. The van der Waals surface area contributed by atoms with E-state index in [1.54, 1.807) is 0 Å². The van der Waals surface area contributed by atoms with E-state index in [9.17, 15) is 0 Å². The zero-order valence-corrected chi connectivity index (χ0v) is 34.6. The van der Waals surface area contributed by atoms with Crippen molar-refractivity contribution in [3.8, 4) is 78.4 Å². The van der Waals surface area contributed by atoms with Gasteiger partial charge < -0.3 is 0 Å². The van der Waals surface area contributed by atoms with Crippen molar-refractivity contribution >= 4 is 21.5 Å². The number of nitrogens with zero attached hydrogens (tertiary/aromatic N) is 2. The molecule has 0 N–H and O–H groups in total. The maximum absolute atomic E-state index is 5.27. The molecule has 0 saturated heterocycles. The standard InChI is InChI=1S/C60H44N2/c1-4-16-40(17-5-1)41-28-30-42(31-29-41)56-39-57(62-59(61-56)43-18-6-2-7-19-43)52-33-32-48(50-24-10-11-25-51(50)52)46-22-14-23-47(36-46)49-26-15-27-54-58(49)53-37-44-20-8-9-21-45(44)38-55(53)60(54)34-12-3-13-35-60/h1-2,4-11,14-33,36-39H,3,12-13,34-35H2. The summed E-state index contributed by atoms with van der Waals surface area (Å²) in [6.45, 7) is 0. The fourth-order valence-electron chi connectivity index (χ4n) is 10.7. The lowest BCUT2D eigenvalue weighted by Crippen LogP contribution is -2.28. The highest BCUT2D eigenvalue weighted by Crippen LogP contribution is 2.58. The predicted octanol–water partition coefficient (Wildman–Crippen LogP) is 16.0. The van der Waals surface area contributed by atoms with Crippen LogP contribution < -0.4 is 0 Å². The molecule has 2 nitrogen and oxygen atoms in total. The number of benzene rings is 9. The average molecular weight is 793 g/mol. The van der Waals surface area contributed by atoms with Crippen molar-refractivity contribution in [2.24, 2.45) is 0 Å². The maximum atomic E-state index is 5.27. The van der Waals surface area contributed by atoms with E-state index in [-0.39, 0.29) is 5.41 Å². The van der Waals surface area contributed by atoms with E-state index >= 15 is 0 Å². The molecular weight excluding hydrogens is 749 g/mol. The molecule has 0 amide bonds. The van der Waals surface area contributed by atoms with Crippen LogP contribution in [0.4, 0.5) is 0 Å². The number of fused-ring (bicyclic) bond motifs is 7. The van der Waals surface area contributed by atoms with Gasteiger partial charge in [0.2, 0.25) is 0 Å². The summed E-state index contributed by atoms with van der Waals surface area (Å²) in [5.74, 6) is 0.714. The van der Waals surface area contributed by atoms with Crippen LogP contribution >= 0.6 is 0 Å². The SMILES string of the molecule is c1ccc(-c2ccc(-c3cc(-c4ccc(-c5cccc(-c6cccc7c6-c6cc8ccccc8cc6C76CCCCC6)c5)c5ccccc45)nc(-c4ccccc4)n3)cc2)cc1. The minimum atomic E-state index is 0.0828. The van der Waals surface area contributed by atoms with Crippen molar-refractivity contribution in [2.45, 2.75) is 37.5 Å². The van der Waals surface area contributed by atoms with Crippen LogP contribution in [0.15, 0.2) is 206 Å². The monoisotopic (exact) mass is 792 g/mol. The number of hydrogen-bond acceptors (Lipinski definition) is 2. The Labute approximate surface area is 363 Å². The van der Waals surface area contributed by atoms with Crippen molar-refractivity contribution < 1.29 is 0 Å². The average Bonchev–Trinajstić information content (AvgIpc) is 3.60. The van der Waals surface area contributed by atoms with Gasteiger partial charge in [0.05, 0.1) is 11.4 Å². The third-order valence-electron chi connectivity index (χ3n) is 13.7. The van der Waals surface area contributed by atoms with Crippen molar-refractivity contribution in [3.63, 3.8) is 0 Å². The first-order valence-electron chi connectivity index (χ1n) is 22.1. The molecule has 1 saturated carbocycles. The Morgan fingerprint density at radius 1 is 0.323 bits per heavy atom. The van der Waals surface area contributed by atoms with Gasteiger partial charge in [-0.15, -0.1) is 0 Å². The molecule has 0 atom stereocenters. The number of rotatable bonds is 6. The summed E-state index contributed by atoms with van der Waals surface area (Å²) >= 11 is 0. The van der Waals surface area contributed by atoms with Gasteiger partial charge in [-0.2, -0.15) is 0 Å². The van der Waals surface area contributed by atoms with Crippen LogP contribution in [0.2, 0.25) is 0 Å². The van der Waals surface area contributed by atoms with Gasteiger partial charge in [0.15, 0.2) is 5.82 Å². The molecule has 1 spiro atoms. The topological polar surface area (TPSA) is 25.8 Å². The highest BCUT2D eigenvalue weighted by molar-refractivity contribution is 6.06. The fourth-order valence-corrected chi connectivity index (χ4v) is 10.7. The molecule has 2 aliphatic carbocycles. The molecular formula is C60H44N2. The first-order chi connectivity index (χ1) is 30.7. The summed E-state index contributed by atoms with van der Waals surface area (Å²) in [4.78, 5) is 10.4. The van der Waals surface area contributed by atoms with Gasteiger partial charge in [-0.1, -0.05) is 201 Å². The zero-order valence-electron chi connectivity index (χ0n) is 34.6. The van der Waals surface area contributed by atoms with Gasteiger partial charge in [0, 0.05) is 22.1 Å². The molecule has 2 aliphatic rings. The van der Waals surface area contributed by atoms with E-state index in [0.29, 0.717) is 5.82 Å². The molecule has 0 unspecified atom stereocenters. The number of hydrogen-bond donors (Lipinski definition) is 0. The largest absolute Gasteiger partial charge is 0.228 e. The molecule has 0 bridgehead atoms. The van der Waals surface area contributed by atoms with Crippen molar-refractivity contribution in [2.75, 3.05) is 0 Å². The summed E-state index contributed by atoms with van der Waals surface area (Å²) in [5, 5.41) is 5.02. The maximum Gasteiger partial charge on any atom is 0.160 e. The van der Waals surface area contributed by atoms with Crippen LogP contribution in [0.25, 0.3) is 100.0 Å². The van der Waals surface area contributed by atoms with E-state index in [2.05, 4.69) is 200 Å². The second-order valence-electron chi connectivity index (χ2n) is 17.2. The number of aromatic nitrogens is 2. The highest BCUT2D eigenvalue weighted by atomic mass is 14.9. The van der Waals surface area contributed by atoms with Gasteiger partial charge in [-0.25, -0.2) is 9.97 Å². The molecule has 10 aromatic rings. The van der Waals surface area contributed by atoms with Crippen LogP contribution in [0.3, 0.4) is 0 Å². The van der Waals surface area contributed by atoms with Gasteiger partial charge in [-0.3, -0.25) is 0 Å². The van der Waals surface area contributed by atoms with E-state index < -0.39 is 0 Å². The third kappa shape index (κ3) is 6.09. The summed E-state index contributed by atoms with van der Waals surface area (Å²) < 4.78 is 0. The van der Waals surface area contributed by atoms with Gasteiger partial charge in [-0.05, 0) is 114 Å². The Bertz CT molecular complexity index is 3300. The van der Waals surface area contributed by atoms with Crippen molar-refractivity contribution in [3.05, 3.63) is 217 Å². The second-order valence-corrected chi connectivity index (χ2v) is 17.2.